The number of amides is 1. The lowest BCUT2D eigenvalue weighted by atomic mass is 10.0. The molecule has 0 spiro atoms. The Hall–Kier alpha value is -1.49. The predicted octanol–water partition coefficient (Wildman–Crippen LogP) is -0.674. The Balaban J connectivity index is 3.03. The zero-order valence-corrected chi connectivity index (χ0v) is 6.44. The van der Waals surface area contributed by atoms with E-state index in [1.165, 1.54) is 6.08 Å². The molecule has 0 aliphatic carbocycles. The molecule has 1 rings (SSSR count). The van der Waals surface area contributed by atoms with Crippen LogP contribution >= 0.6 is 0 Å². The first-order valence-corrected chi connectivity index (χ1v) is 3.32. The predicted molar refractivity (Wildman–Crippen MR) is 41.8 cm³/mol. The van der Waals surface area contributed by atoms with Crippen molar-refractivity contribution >= 4 is 17.6 Å². The molecule has 1 aliphatic rings. The second kappa shape index (κ2) is 2.86. The van der Waals surface area contributed by atoms with E-state index >= 15 is 0 Å². The highest BCUT2D eigenvalue weighted by molar-refractivity contribution is 6.41. The number of carboxylic acid groups (broad SMARTS) is 1. The number of aliphatic imine (C=N–C) groups is 1. The van der Waals surface area contributed by atoms with E-state index in [1.54, 1.807) is 6.92 Å². The molecule has 0 saturated heterocycles. The normalized spacial score (nSPS) is 23.2. The standard InChI is InChI=1S/C7H8N2O3/c1-3-2-4(10)9-6(5(3)8)7(11)12/h2,5H,8H2,1H3,(H,11,12). The maximum atomic E-state index is 10.8. The van der Waals surface area contributed by atoms with E-state index < -0.39 is 17.9 Å². The third-order valence-electron chi connectivity index (χ3n) is 1.59. The topological polar surface area (TPSA) is 92.8 Å². The Kier molecular flexibility index (Phi) is 2.05. The number of dihydropyridines is 1. The summed E-state index contributed by atoms with van der Waals surface area (Å²) in [5.74, 6) is -1.81. The number of carbonyl (C=O) groups excluding carboxylic acids is 1. The monoisotopic (exact) mass is 168 g/mol. The average Bonchev–Trinajstić information content (AvgIpc) is 1.96. The summed E-state index contributed by atoms with van der Waals surface area (Å²) in [4.78, 5) is 24.5. The molecule has 1 atom stereocenters. The molecule has 5 heteroatoms. The van der Waals surface area contributed by atoms with Crippen molar-refractivity contribution in [1.82, 2.24) is 0 Å². The van der Waals surface area contributed by atoms with Crippen LogP contribution in [0.25, 0.3) is 0 Å². The first-order valence-electron chi connectivity index (χ1n) is 3.32. The summed E-state index contributed by atoms with van der Waals surface area (Å²) in [6, 6.07) is -0.764. The molecular weight excluding hydrogens is 160 g/mol. The molecule has 0 fully saturated rings. The van der Waals surface area contributed by atoms with Crippen LogP contribution in [-0.4, -0.2) is 28.7 Å². The quantitative estimate of drug-likeness (QED) is 0.542. The zero-order chi connectivity index (χ0) is 9.30. The van der Waals surface area contributed by atoms with Crippen molar-refractivity contribution in [1.29, 1.82) is 0 Å². The average molecular weight is 168 g/mol. The van der Waals surface area contributed by atoms with Gasteiger partial charge in [0.2, 0.25) is 0 Å². The molecule has 0 saturated carbocycles. The van der Waals surface area contributed by atoms with Crippen molar-refractivity contribution < 1.29 is 14.7 Å². The lowest BCUT2D eigenvalue weighted by Crippen LogP contribution is -2.39. The number of carboxylic acids is 1. The van der Waals surface area contributed by atoms with Crippen LogP contribution in [-0.2, 0) is 9.59 Å². The number of nitrogens with zero attached hydrogens (tertiary/aromatic N) is 1. The third-order valence-corrected chi connectivity index (χ3v) is 1.59. The number of carbonyl (C=O) groups is 2. The van der Waals surface area contributed by atoms with Gasteiger partial charge in [-0.05, 0) is 12.5 Å². The number of nitrogens with two attached hydrogens (primary N) is 1. The molecule has 1 aliphatic heterocycles. The summed E-state index contributed by atoms with van der Waals surface area (Å²) < 4.78 is 0. The van der Waals surface area contributed by atoms with E-state index in [0.717, 1.165) is 0 Å². The molecule has 1 unspecified atom stereocenters. The number of hydrogen-bond acceptors (Lipinski definition) is 3. The molecule has 1 amide bonds. The van der Waals surface area contributed by atoms with Crippen LogP contribution in [0.4, 0.5) is 0 Å². The van der Waals surface area contributed by atoms with Crippen molar-refractivity contribution in [3.63, 3.8) is 0 Å². The van der Waals surface area contributed by atoms with Gasteiger partial charge in [-0.2, -0.15) is 0 Å². The summed E-state index contributed by atoms with van der Waals surface area (Å²) in [6.45, 7) is 1.60. The maximum Gasteiger partial charge on any atom is 0.352 e. The Morgan fingerprint density at radius 1 is 1.75 bits per heavy atom. The molecule has 0 aromatic heterocycles. The van der Waals surface area contributed by atoms with E-state index in [0.29, 0.717) is 5.57 Å². The number of aliphatic carboxylic acids is 1. The minimum absolute atomic E-state index is 0.292. The second-order valence-electron chi connectivity index (χ2n) is 2.51. The lowest BCUT2D eigenvalue weighted by Gasteiger charge is -2.14. The maximum absolute atomic E-state index is 10.8. The van der Waals surface area contributed by atoms with Crippen molar-refractivity contribution in [3.8, 4) is 0 Å². The summed E-state index contributed by atoms with van der Waals surface area (Å²) in [5, 5.41) is 8.55. The Morgan fingerprint density at radius 2 is 2.33 bits per heavy atom. The smallest absolute Gasteiger partial charge is 0.352 e. The Morgan fingerprint density at radius 3 is 2.83 bits per heavy atom. The molecule has 5 nitrogen and oxygen atoms in total. The Bertz CT molecular complexity index is 304. The molecule has 0 radical (unpaired) electrons. The molecule has 0 aromatic carbocycles. The second-order valence-corrected chi connectivity index (χ2v) is 2.51. The van der Waals surface area contributed by atoms with Crippen molar-refractivity contribution in [2.75, 3.05) is 0 Å². The Labute approximate surface area is 68.6 Å². The minimum Gasteiger partial charge on any atom is -0.477 e. The SMILES string of the molecule is CC1=CC(=O)N=C(C(=O)O)C1N. The van der Waals surface area contributed by atoms with Crippen LogP contribution < -0.4 is 5.73 Å². The molecular formula is C7H8N2O3. The van der Waals surface area contributed by atoms with Crippen LogP contribution in [0.1, 0.15) is 6.92 Å². The summed E-state index contributed by atoms with van der Waals surface area (Å²) >= 11 is 0. The molecule has 0 bridgehead atoms. The highest BCUT2D eigenvalue weighted by atomic mass is 16.4. The van der Waals surface area contributed by atoms with Crippen LogP contribution in [0, 0.1) is 0 Å². The van der Waals surface area contributed by atoms with Gasteiger partial charge in [-0.25, -0.2) is 9.79 Å². The van der Waals surface area contributed by atoms with Crippen LogP contribution in [0.2, 0.25) is 0 Å². The van der Waals surface area contributed by atoms with E-state index in [9.17, 15) is 9.59 Å². The highest BCUT2D eigenvalue weighted by Gasteiger charge is 2.24. The first-order chi connectivity index (χ1) is 5.52. The van der Waals surface area contributed by atoms with E-state index in [2.05, 4.69) is 4.99 Å². The van der Waals surface area contributed by atoms with Gasteiger partial charge in [-0.3, -0.25) is 4.79 Å². The van der Waals surface area contributed by atoms with Gasteiger partial charge in [0, 0.05) is 6.08 Å². The van der Waals surface area contributed by atoms with Crippen molar-refractivity contribution in [2.45, 2.75) is 13.0 Å². The van der Waals surface area contributed by atoms with Crippen molar-refractivity contribution in [3.05, 3.63) is 11.6 Å². The van der Waals surface area contributed by atoms with Gasteiger partial charge in [-0.15, -0.1) is 0 Å². The van der Waals surface area contributed by atoms with Gasteiger partial charge in [0.25, 0.3) is 5.91 Å². The van der Waals surface area contributed by atoms with E-state index in [-0.39, 0.29) is 5.71 Å². The van der Waals surface area contributed by atoms with E-state index in [1.807, 2.05) is 0 Å². The van der Waals surface area contributed by atoms with Gasteiger partial charge >= 0.3 is 5.97 Å². The van der Waals surface area contributed by atoms with Gasteiger partial charge in [-0.1, -0.05) is 0 Å². The number of hydrogen-bond donors (Lipinski definition) is 2. The third kappa shape index (κ3) is 1.40. The number of rotatable bonds is 1. The lowest BCUT2D eigenvalue weighted by molar-refractivity contribution is -0.130. The summed E-state index contributed by atoms with van der Waals surface area (Å²) in [7, 11) is 0. The van der Waals surface area contributed by atoms with Gasteiger partial charge in [0.15, 0.2) is 5.71 Å². The van der Waals surface area contributed by atoms with Gasteiger partial charge in [0.1, 0.15) is 0 Å². The largest absolute Gasteiger partial charge is 0.477 e. The van der Waals surface area contributed by atoms with Crippen molar-refractivity contribution in [2.24, 2.45) is 10.7 Å². The highest BCUT2D eigenvalue weighted by Crippen LogP contribution is 2.07. The van der Waals surface area contributed by atoms with Crippen LogP contribution in [0.5, 0.6) is 0 Å². The molecule has 1 heterocycles. The summed E-state index contributed by atoms with van der Waals surface area (Å²) in [6.07, 6.45) is 1.23. The molecule has 0 aromatic rings. The fourth-order valence-corrected chi connectivity index (χ4v) is 0.902. The minimum atomic E-state index is -1.25. The summed E-state index contributed by atoms with van der Waals surface area (Å²) in [5.41, 5.74) is 5.68. The fraction of sp³-hybridized carbons (Fsp3) is 0.286. The zero-order valence-electron chi connectivity index (χ0n) is 6.44. The molecule has 64 valence electrons. The molecule has 3 N–H and O–H groups in total. The first kappa shape index (κ1) is 8.61. The van der Waals surface area contributed by atoms with E-state index in [4.69, 9.17) is 10.8 Å². The van der Waals surface area contributed by atoms with Crippen LogP contribution in [0.15, 0.2) is 16.6 Å². The van der Waals surface area contributed by atoms with Gasteiger partial charge < -0.3 is 10.8 Å². The van der Waals surface area contributed by atoms with Gasteiger partial charge in [0.05, 0.1) is 6.04 Å². The molecule has 12 heavy (non-hydrogen) atoms. The van der Waals surface area contributed by atoms with Crippen LogP contribution in [0.3, 0.4) is 0 Å². The fourth-order valence-electron chi connectivity index (χ4n) is 0.902.